The van der Waals surface area contributed by atoms with Crippen LogP contribution in [-0.2, 0) is 19.1 Å². The van der Waals surface area contributed by atoms with Gasteiger partial charge in [0.25, 0.3) is 5.91 Å². The van der Waals surface area contributed by atoms with Crippen LogP contribution in [0.25, 0.3) is 17.4 Å². The van der Waals surface area contributed by atoms with Crippen molar-refractivity contribution in [3.63, 3.8) is 0 Å². The number of carbonyl (C=O) groups excluding carboxylic acids is 2. The van der Waals surface area contributed by atoms with Gasteiger partial charge in [-0.3, -0.25) is 14.5 Å². The molecule has 0 bridgehead atoms. The molecule has 1 amide bonds. The smallest absolute Gasteiger partial charge is 0.338 e. The van der Waals surface area contributed by atoms with Gasteiger partial charge in [-0.15, -0.1) is 0 Å². The summed E-state index contributed by atoms with van der Waals surface area (Å²) in [5, 5.41) is 18.3. The van der Waals surface area contributed by atoms with E-state index in [9.17, 15) is 24.3 Å². The minimum atomic E-state index is -1.60. The summed E-state index contributed by atoms with van der Waals surface area (Å²) >= 11 is 5.96. The van der Waals surface area contributed by atoms with E-state index < -0.39 is 36.3 Å². The Morgan fingerprint density at radius 3 is 2.47 bits per heavy atom. The summed E-state index contributed by atoms with van der Waals surface area (Å²) in [7, 11) is 0. The molecule has 1 aromatic heterocycles. The number of nitrogens with zero attached hydrogens (tertiary/aromatic N) is 1. The molecule has 1 aromatic carbocycles. The third-order valence-corrected chi connectivity index (χ3v) is 5.70. The van der Waals surface area contributed by atoms with Crippen molar-refractivity contribution in [2.45, 2.75) is 19.4 Å². The lowest BCUT2D eigenvalue weighted by molar-refractivity contribution is -0.150. The van der Waals surface area contributed by atoms with Crippen molar-refractivity contribution in [3.8, 4) is 11.3 Å². The van der Waals surface area contributed by atoms with Gasteiger partial charge in [0.15, 0.2) is 0 Å². The lowest BCUT2D eigenvalue weighted by atomic mass is 10.1. The molecule has 0 aliphatic carbocycles. The van der Waals surface area contributed by atoms with E-state index in [0.29, 0.717) is 22.6 Å². The van der Waals surface area contributed by atoms with Crippen LogP contribution in [0, 0.1) is 0 Å². The first-order chi connectivity index (χ1) is 15.2. The van der Waals surface area contributed by atoms with Crippen molar-refractivity contribution in [3.05, 3.63) is 52.6 Å². The average molecular weight is 476 g/mol. The number of hydrogen-bond donors (Lipinski definition) is 2. The number of carboxylic acid groups (broad SMARTS) is 2. The zero-order chi connectivity index (χ0) is 23.4. The first kappa shape index (κ1) is 23.2. The van der Waals surface area contributed by atoms with Gasteiger partial charge in [0.1, 0.15) is 21.9 Å². The number of furan rings is 1. The number of thiocarbonyl (C=S) groups is 1. The molecule has 1 aliphatic heterocycles. The highest BCUT2D eigenvalue weighted by Gasteiger charge is 2.41. The van der Waals surface area contributed by atoms with E-state index in [1.165, 1.54) is 6.08 Å². The van der Waals surface area contributed by atoms with Crippen LogP contribution in [0.5, 0.6) is 0 Å². The fourth-order valence-corrected chi connectivity index (χ4v) is 4.24. The van der Waals surface area contributed by atoms with Gasteiger partial charge in [0.05, 0.1) is 23.5 Å². The van der Waals surface area contributed by atoms with Crippen molar-refractivity contribution >= 4 is 58.2 Å². The monoisotopic (exact) mass is 475 g/mol. The normalized spacial score (nSPS) is 15.8. The summed E-state index contributed by atoms with van der Waals surface area (Å²) in [4.78, 5) is 47.8. The molecule has 9 nitrogen and oxygen atoms in total. The van der Waals surface area contributed by atoms with Gasteiger partial charge in [-0.25, -0.2) is 9.59 Å². The van der Waals surface area contributed by atoms with E-state index in [0.717, 1.165) is 16.7 Å². The van der Waals surface area contributed by atoms with Crippen LogP contribution in [0.4, 0.5) is 0 Å². The van der Waals surface area contributed by atoms with Crippen LogP contribution in [-0.4, -0.2) is 55.9 Å². The van der Waals surface area contributed by atoms with Gasteiger partial charge >= 0.3 is 17.9 Å². The molecule has 1 aliphatic rings. The summed E-state index contributed by atoms with van der Waals surface area (Å²) < 4.78 is 10.6. The first-order valence-electron chi connectivity index (χ1n) is 9.30. The van der Waals surface area contributed by atoms with Crippen LogP contribution in [0.15, 0.2) is 45.7 Å². The molecule has 1 unspecified atom stereocenters. The van der Waals surface area contributed by atoms with Crippen molar-refractivity contribution in [1.82, 2.24) is 4.90 Å². The second kappa shape index (κ2) is 9.79. The number of amides is 1. The molecule has 2 heterocycles. The lowest BCUT2D eigenvalue weighted by Crippen LogP contribution is -2.45. The largest absolute Gasteiger partial charge is 0.481 e. The van der Waals surface area contributed by atoms with Gasteiger partial charge in [-0.05, 0) is 31.2 Å². The quantitative estimate of drug-likeness (QED) is 0.333. The maximum Gasteiger partial charge on any atom is 0.338 e. The molecular formula is C21H17NO8S2. The molecule has 0 radical (unpaired) electrons. The number of benzene rings is 1. The molecule has 166 valence electrons. The standard InChI is InChI=1S/C21H17NO8S2/c1-2-29-20(28)12-5-3-11(4-6-12)15-8-7-13(30-15)9-16-18(25)22(21(31)32-16)14(19(26)27)10-17(23)24/h3-9,14H,2,10H2,1H3,(H,23,24)(H,26,27). The zero-order valence-corrected chi connectivity index (χ0v) is 18.3. The lowest BCUT2D eigenvalue weighted by Gasteiger charge is -2.21. The Balaban J connectivity index is 1.79. The number of aliphatic carboxylic acids is 2. The van der Waals surface area contributed by atoms with Crippen LogP contribution >= 0.6 is 24.0 Å². The minimum Gasteiger partial charge on any atom is -0.481 e. The maximum absolute atomic E-state index is 12.7. The number of carboxylic acids is 2. The van der Waals surface area contributed by atoms with Gasteiger partial charge in [-0.1, -0.05) is 36.1 Å². The Kier molecular flexibility index (Phi) is 7.11. The number of carbonyl (C=O) groups is 4. The third kappa shape index (κ3) is 5.06. The Morgan fingerprint density at radius 2 is 1.88 bits per heavy atom. The predicted octanol–water partition coefficient (Wildman–Crippen LogP) is 3.25. The van der Waals surface area contributed by atoms with Gasteiger partial charge in [-0.2, -0.15) is 0 Å². The van der Waals surface area contributed by atoms with E-state index >= 15 is 0 Å². The van der Waals surface area contributed by atoms with Crippen molar-refractivity contribution in [2.24, 2.45) is 0 Å². The van der Waals surface area contributed by atoms with Gasteiger partial charge < -0.3 is 19.4 Å². The van der Waals surface area contributed by atoms with Crippen molar-refractivity contribution in [2.75, 3.05) is 6.61 Å². The van der Waals surface area contributed by atoms with E-state index in [2.05, 4.69) is 0 Å². The molecule has 0 saturated carbocycles. The van der Waals surface area contributed by atoms with Crippen molar-refractivity contribution < 1.29 is 38.5 Å². The second-order valence-electron chi connectivity index (χ2n) is 6.50. The Hall–Kier alpha value is -3.44. The first-order valence-corrected chi connectivity index (χ1v) is 10.5. The SMILES string of the molecule is CCOC(=O)c1ccc(-c2ccc(C=C3SC(=S)N(C(CC(=O)O)C(=O)O)C3=O)o2)cc1. The van der Waals surface area contributed by atoms with Crippen LogP contribution < -0.4 is 0 Å². The minimum absolute atomic E-state index is 0.0452. The predicted molar refractivity (Wildman–Crippen MR) is 119 cm³/mol. The summed E-state index contributed by atoms with van der Waals surface area (Å²) in [6, 6.07) is 8.29. The molecule has 2 aromatic rings. The van der Waals surface area contributed by atoms with E-state index in [-0.39, 0.29) is 15.8 Å². The summed E-state index contributed by atoms with van der Waals surface area (Å²) in [6.45, 7) is 2.00. The van der Waals surface area contributed by atoms with Gasteiger partial charge in [0, 0.05) is 11.6 Å². The third-order valence-electron chi connectivity index (χ3n) is 4.37. The van der Waals surface area contributed by atoms with Crippen LogP contribution in [0.2, 0.25) is 0 Å². The number of thioether (sulfide) groups is 1. The fraction of sp³-hybridized carbons (Fsp3) is 0.190. The Morgan fingerprint density at radius 1 is 1.19 bits per heavy atom. The summed E-state index contributed by atoms with van der Waals surface area (Å²) in [5.41, 5.74) is 1.10. The molecule has 3 rings (SSSR count). The fourth-order valence-electron chi connectivity index (χ4n) is 2.90. The highest BCUT2D eigenvalue weighted by atomic mass is 32.2. The molecule has 2 N–H and O–H groups in total. The van der Waals surface area contributed by atoms with Crippen LogP contribution in [0.3, 0.4) is 0 Å². The zero-order valence-electron chi connectivity index (χ0n) is 16.6. The van der Waals surface area contributed by atoms with Crippen LogP contribution in [0.1, 0.15) is 29.5 Å². The van der Waals surface area contributed by atoms with E-state index in [4.69, 9.17) is 26.5 Å². The topological polar surface area (TPSA) is 134 Å². The van der Waals surface area contributed by atoms with E-state index in [1.807, 2.05) is 0 Å². The molecule has 11 heteroatoms. The molecule has 0 spiro atoms. The second-order valence-corrected chi connectivity index (χ2v) is 8.18. The number of esters is 1. The molecule has 1 atom stereocenters. The molecule has 32 heavy (non-hydrogen) atoms. The number of ether oxygens (including phenoxy) is 1. The van der Waals surface area contributed by atoms with E-state index in [1.54, 1.807) is 43.3 Å². The number of hydrogen-bond acceptors (Lipinski definition) is 8. The highest BCUT2D eigenvalue weighted by molar-refractivity contribution is 8.26. The molecule has 1 saturated heterocycles. The highest BCUT2D eigenvalue weighted by Crippen LogP contribution is 2.35. The van der Waals surface area contributed by atoms with Crippen molar-refractivity contribution in [1.29, 1.82) is 0 Å². The maximum atomic E-state index is 12.7. The Labute approximate surface area is 191 Å². The Bertz CT molecular complexity index is 1120. The summed E-state index contributed by atoms with van der Waals surface area (Å²) in [6.07, 6.45) is 0.636. The van der Waals surface area contributed by atoms with Gasteiger partial charge in [0.2, 0.25) is 0 Å². The number of rotatable bonds is 8. The molecule has 1 fully saturated rings. The molecular weight excluding hydrogens is 458 g/mol. The summed E-state index contributed by atoms with van der Waals surface area (Å²) in [5.74, 6) is -3.15. The average Bonchev–Trinajstić information content (AvgIpc) is 3.31.